The number of carbonyl (C=O) groups is 1. The van der Waals surface area contributed by atoms with E-state index in [0.717, 1.165) is 16.6 Å². The summed E-state index contributed by atoms with van der Waals surface area (Å²) in [5, 5.41) is 9.78. The molecule has 26 heavy (non-hydrogen) atoms. The van der Waals surface area contributed by atoms with Crippen molar-refractivity contribution in [1.82, 2.24) is 15.0 Å². The van der Waals surface area contributed by atoms with E-state index in [0.29, 0.717) is 10.6 Å². The van der Waals surface area contributed by atoms with Crippen LogP contribution in [0, 0.1) is 0 Å². The number of hydrogen-bond acceptors (Lipinski definition) is 3. The summed E-state index contributed by atoms with van der Waals surface area (Å²) >= 11 is 5.92. The lowest BCUT2D eigenvalue weighted by Gasteiger charge is -2.16. The molecule has 4 rings (SSSR count). The highest BCUT2D eigenvalue weighted by molar-refractivity contribution is 6.30. The zero-order valence-electron chi connectivity index (χ0n) is 13.9. The van der Waals surface area contributed by atoms with Crippen molar-refractivity contribution < 1.29 is 4.79 Å². The van der Waals surface area contributed by atoms with Crippen LogP contribution in [0.5, 0.6) is 0 Å². The first-order valence-corrected chi connectivity index (χ1v) is 8.74. The Kier molecular flexibility index (Phi) is 4.50. The summed E-state index contributed by atoms with van der Waals surface area (Å²) < 4.78 is 0. The first-order chi connectivity index (χ1) is 12.7. The normalized spacial score (nSPS) is 12.2. The molecule has 0 N–H and O–H groups in total. The molecule has 0 aliphatic heterocycles. The quantitative estimate of drug-likeness (QED) is 0.473. The minimum Gasteiger partial charge on any atom is -0.294 e. The highest BCUT2D eigenvalue weighted by Crippen LogP contribution is 2.24. The Hall–Kier alpha value is -2.98. The average Bonchev–Trinajstić information content (AvgIpc) is 3.11. The molecule has 0 radical (unpaired) electrons. The summed E-state index contributed by atoms with van der Waals surface area (Å²) in [6.07, 6.45) is 0.270. The van der Waals surface area contributed by atoms with Crippen LogP contribution in [0.15, 0.2) is 78.9 Å². The molecule has 0 amide bonds. The third-order valence-electron chi connectivity index (χ3n) is 4.31. The van der Waals surface area contributed by atoms with Crippen molar-refractivity contribution in [3.8, 4) is 0 Å². The van der Waals surface area contributed by atoms with Gasteiger partial charge in [0, 0.05) is 17.0 Å². The van der Waals surface area contributed by atoms with E-state index in [2.05, 4.69) is 10.2 Å². The molecule has 5 heteroatoms. The van der Waals surface area contributed by atoms with Crippen LogP contribution in [0.1, 0.15) is 28.4 Å². The van der Waals surface area contributed by atoms with Gasteiger partial charge in [-0.25, -0.2) is 0 Å². The van der Waals surface area contributed by atoms with Gasteiger partial charge in [-0.2, -0.15) is 15.0 Å². The van der Waals surface area contributed by atoms with Gasteiger partial charge in [0.1, 0.15) is 17.1 Å². The van der Waals surface area contributed by atoms with E-state index >= 15 is 0 Å². The molecule has 128 valence electrons. The highest BCUT2D eigenvalue weighted by Gasteiger charge is 2.21. The van der Waals surface area contributed by atoms with Gasteiger partial charge in [0.15, 0.2) is 5.78 Å². The van der Waals surface area contributed by atoms with Crippen molar-refractivity contribution >= 4 is 28.4 Å². The molecular formula is C21H16ClN3O. The SMILES string of the molecule is O=C(C[C@H](c1ccccc1)n1nc2ccccc2n1)c1ccc(Cl)cc1. The van der Waals surface area contributed by atoms with Crippen LogP contribution in [-0.2, 0) is 0 Å². The second-order valence-corrected chi connectivity index (χ2v) is 6.51. The number of carbonyl (C=O) groups excluding carboxylic acids is 1. The van der Waals surface area contributed by atoms with Crippen LogP contribution in [0.4, 0.5) is 0 Å². The molecule has 0 fully saturated rings. The molecule has 1 heterocycles. The van der Waals surface area contributed by atoms with Gasteiger partial charge >= 0.3 is 0 Å². The van der Waals surface area contributed by atoms with Crippen molar-refractivity contribution in [2.45, 2.75) is 12.5 Å². The highest BCUT2D eigenvalue weighted by atomic mass is 35.5. The summed E-state index contributed by atoms with van der Waals surface area (Å²) in [7, 11) is 0. The Bertz CT molecular complexity index is 1010. The van der Waals surface area contributed by atoms with Crippen LogP contribution < -0.4 is 0 Å². The maximum atomic E-state index is 12.8. The molecule has 0 unspecified atom stereocenters. The van der Waals surface area contributed by atoms with Crippen molar-refractivity contribution in [3.05, 3.63) is 95.0 Å². The van der Waals surface area contributed by atoms with Crippen molar-refractivity contribution in [2.75, 3.05) is 0 Å². The minimum absolute atomic E-state index is 0.0249. The van der Waals surface area contributed by atoms with Gasteiger partial charge in [0.05, 0.1) is 0 Å². The molecule has 0 aliphatic rings. The standard InChI is InChI=1S/C21H16ClN3O/c22-17-12-10-16(11-13-17)21(26)14-20(15-6-2-1-3-7-15)25-23-18-8-4-5-9-19(18)24-25/h1-13,20H,14H2/t20-/m1/s1. The number of Topliss-reactive ketones (excluding diaryl/α,β-unsaturated/α-hetero) is 1. The Labute approximate surface area is 156 Å². The Morgan fingerprint density at radius 3 is 2.04 bits per heavy atom. The number of halogens is 1. The lowest BCUT2D eigenvalue weighted by Crippen LogP contribution is -2.18. The zero-order chi connectivity index (χ0) is 17.9. The molecular weight excluding hydrogens is 346 g/mol. The fourth-order valence-electron chi connectivity index (χ4n) is 2.95. The fourth-order valence-corrected chi connectivity index (χ4v) is 3.08. The van der Waals surface area contributed by atoms with Gasteiger partial charge in [-0.05, 0) is 42.0 Å². The molecule has 4 nitrogen and oxygen atoms in total. The number of aromatic nitrogens is 3. The second kappa shape index (κ2) is 7.10. The van der Waals surface area contributed by atoms with Crippen LogP contribution >= 0.6 is 11.6 Å². The molecule has 0 saturated heterocycles. The summed E-state index contributed by atoms with van der Waals surface area (Å²) in [6, 6.07) is 24.2. The van der Waals surface area contributed by atoms with Gasteiger partial charge in [0.2, 0.25) is 0 Å². The first kappa shape index (κ1) is 16.5. The van der Waals surface area contributed by atoms with Gasteiger partial charge < -0.3 is 0 Å². The molecule has 0 bridgehead atoms. The maximum absolute atomic E-state index is 12.8. The van der Waals surface area contributed by atoms with Crippen molar-refractivity contribution in [3.63, 3.8) is 0 Å². The van der Waals surface area contributed by atoms with E-state index in [1.165, 1.54) is 0 Å². The number of ketones is 1. The topological polar surface area (TPSA) is 47.8 Å². The predicted molar refractivity (Wildman–Crippen MR) is 103 cm³/mol. The van der Waals surface area contributed by atoms with Crippen LogP contribution in [0.25, 0.3) is 11.0 Å². The third-order valence-corrected chi connectivity index (χ3v) is 4.56. The Balaban J connectivity index is 1.71. The molecule has 0 saturated carbocycles. The number of fused-ring (bicyclic) bond motifs is 1. The molecule has 1 atom stereocenters. The van der Waals surface area contributed by atoms with E-state index < -0.39 is 0 Å². The number of benzene rings is 3. The average molecular weight is 362 g/mol. The zero-order valence-corrected chi connectivity index (χ0v) is 14.7. The van der Waals surface area contributed by atoms with E-state index in [9.17, 15) is 4.79 Å². The lowest BCUT2D eigenvalue weighted by atomic mass is 9.98. The number of nitrogens with zero attached hydrogens (tertiary/aromatic N) is 3. The van der Waals surface area contributed by atoms with Crippen molar-refractivity contribution in [2.24, 2.45) is 0 Å². The fraction of sp³-hybridized carbons (Fsp3) is 0.0952. The Morgan fingerprint density at radius 1 is 0.846 bits per heavy atom. The van der Waals surface area contributed by atoms with Gasteiger partial charge in [0.25, 0.3) is 0 Å². The maximum Gasteiger partial charge on any atom is 0.165 e. The minimum atomic E-state index is -0.272. The van der Waals surface area contributed by atoms with Crippen LogP contribution in [0.2, 0.25) is 5.02 Å². The van der Waals surface area contributed by atoms with E-state index in [1.807, 2.05) is 54.6 Å². The van der Waals surface area contributed by atoms with E-state index in [1.54, 1.807) is 29.1 Å². The molecule has 3 aromatic carbocycles. The summed E-state index contributed by atoms with van der Waals surface area (Å²) in [5.41, 5.74) is 3.25. The lowest BCUT2D eigenvalue weighted by molar-refractivity contribution is 0.0965. The predicted octanol–water partition coefficient (Wildman–Crippen LogP) is 4.95. The van der Waals surface area contributed by atoms with Gasteiger partial charge in [-0.15, -0.1) is 0 Å². The molecule has 0 aliphatic carbocycles. The molecule has 4 aromatic rings. The monoisotopic (exact) mass is 361 g/mol. The summed E-state index contributed by atoms with van der Waals surface area (Å²) in [5.74, 6) is 0.0249. The van der Waals surface area contributed by atoms with Crippen molar-refractivity contribution in [1.29, 1.82) is 0 Å². The van der Waals surface area contributed by atoms with Crippen LogP contribution in [-0.4, -0.2) is 20.8 Å². The third kappa shape index (κ3) is 3.37. The Morgan fingerprint density at radius 2 is 1.42 bits per heavy atom. The van der Waals surface area contributed by atoms with E-state index in [-0.39, 0.29) is 18.2 Å². The first-order valence-electron chi connectivity index (χ1n) is 8.36. The molecule has 1 aromatic heterocycles. The smallest absolute Gasteiger partial charge is 0.165 e. The largest absolute Gasteiger partial charge is 0.294 e. The second-order valence-electron chi connectivity index (χ2n) is 6.07. The number of hydrogen-bond donors (Lipinski definition) is 0. The summed E-state index contributed by atoms with van der Waals surface area (Å²) in [4.78, 5) is 14.5. The number of rotatable bonds is 5. The summed E-state index contributed by atoms with van der Waals surface area (Å²) in [6.45, 7) is 0. The van der Waals surface area contributed by atoms with Gasteiger partial charge in [-0.3, -0.25) is 4.79 Å². The van der Waals surface area contributed by atoms with Gasteiger partial charge in [-0.1, -0.05) is 54.1 Å². The van der Waals surface area contributed by atoms with Crippen LogP contribution in [0.3, 0.4) is 0 Å². The molecule has 0 spiro atoms. The van der Waals surface area contributed by atoms with E-state index in [4.69, 9.17) is 11.6 Å².